The summed E-state index contributed by atoms with van der Waals surface area (Å²) in [5, 5.41) is 0. The molecule has 1 heterocycles. The van der Waals surface area contributed by atoms with Crippen molar-refractivity contribution in [2.45, 2.75) is 52.5 Å². The van der Waals surface area contributed by atoms with E-state index in [0.717, 1.165) is 6.54 Å². The number of fused-ring (bicyclic) bond motifs is 1. The standard InChI is InChI=1S/C18H28N2/c1-13-6-7-16-14(11-13)5-4-10-20(16)12-15-8-9-18(2,3)17(15)19/h6-7,11,15,17H,4-5,8-10,12,19H2,1-3H3. The van der Waals surface area contributed by atoms with Crippen LogP contribution in [-0.4, -0.2) is 19.1 Å². The van der Waals surface area contributed by atoms with Crippen LogP contribution in [0.2, 0.25) is 0 Å². The van der Waals surface area contributed by atoms with Gasteiger partial charge in [-0.15, -0.1) is 0 Å². The van der Waals surface area contributed by atoms with Gasteiger partial charge in [-0.1, -0.05) is 31.5 Å². The van der Waals surface area contributed by atoms with Crippen LogP contribution in [0.15, 0.2) is 18.2 Å². The smallest absolute Gasteiger partial charge is 0.0399 e. The van der Waals surface area contributed by atoms with Crippen molar-refractivity contribution in [2.75, 3.05) is 18.0 Å². The number of nitrogens with two attached hydrogens (primary N) is 1. The van der Waals surface area contributed by atoms with Crippen molar-refractivity contribution in [3.05, 3.63) is 29.3 Å². The second-order valence-corrected chi connectivity index (χ2v) is 7.49. The molecule has 0 amide bonds. The van der Waals surface area contributed by atoms with Crippen molar-refractivity contribution in [1.29, 1.82) is 0 Å². The van der Waals surface area contributed by atoms with E-state index in [-0.39, 0.29) is 0 Å². The van der Waals surface area contributed by atoms with Crippen molar-refractivity contribution >= 4 is 5.69 Å². The Morgan fingerprint density at radius 2 is 2.15 bits per heavy atom. The van der Waals surface area contributed by atoms with Crippen LogP contribution in [0.5, 0.6) is 0 Å². The highest BCUT2D eigenvalue weighted by molar-refractivity contribution is 5.56. The number of aryl methyl sites for hydroxylation is 2. The lowest BCUT2D eigenvalue weighted by Gasteiger charge is -2.36. The molecule has 1 aliphatic heterocycles. The van der Waals surface area contributed by atoms with E-state index in [1.54, 1.807) is 0 Å². The van der Waals surface area contributed by atoms with Crippen LogP contribution in [0, 0.1) is 18.3 Å². The highest BCUT2D eigenvalue weighted by Crippen LogP contribution is 2.41. The van der Waals surface area contributed by atoms with E-state index in [4.69, 9.17) is 5.73 Å². The zero-order valence-corrected chi connectivity index (χ0v) is 13.2. The lowest BCUT2D eigenvalue weighted by molar-refractivity contribution is 0.300. The first kappa shape index (κ1) is 13.9. The molecule has 0 radical (unpaired) electrons. The minimum atomic E-state index is 0.316. The van der Waals surface area contributed by atoms with Gasteiger partial charge in [-0.05, 0) is 55.6 Å². The van der Waals surface area contributed by atoms with Gasteiger partial charge < -0.3 is 10.6 Å². The Morgan fingerprint density at radius 3 is 2.85 bits per heavy atom. The molecule has 1 saturated carbocycles. The molecule has 3 rings (SSSR count). The van der Waals surface area contributed by atoms with Crippen LogP contribution in [0.4, 0.5) is 5.69 Å². The van der Waals surface area contributed by atoms with Crippen molar-refractivity contribution in [2.24, 2.45) is 17.1 Å². The van der Waals surface area contributed by atoms with E-state index < -0.39 is 0 Å². The Morgan fingerprint density at radius 1 is 1.35 bits per heavy atom. The molecular formula is C18H28N2. The fourth-order valence-electron chi connectivity index (χ4n) is 4.02. The van der Waals surface area contributed by atoms with E-state index in [1.807, 2.05) is 0 Å². The summed E-state index contributed by atoms with van der Waals surface area (Å²) in [6.45, 7) is 9.17. The maximum absolute atomic E-state index is 6.49. The van der Waals surface area contributed by atoms with Crippen LogP contribution in [0.1, 0.15) is 44.2 Å². The second kappa shape index (κ2) is 5.07. The lowest BCUT2D eigenvalue weighted by atomic mass is 9.85. The molecule has 1 aromatic carbocycles. The molecule has 2 atom stereocenters. The Bertz CT molecular complexity index is 492. The summed E-state index contributed by atoms with van der Waals surface area (Å²) in [4.78, 5) is 2.59. The maximum atomic E-state index is 6.49. The molecule has 1 aliphatic carbocycles. The third-order valence-electron chi connectivity index (χ3n) is 5.47. The fraction of sp³-hybridized carbons (Fsp3) is 0.667. The molecule has 110 valence electrons. The molecule has 2 nitrogen and oxygen atoms in total. The van der Waals surface area contributed by atoms with Crippen LogP contribution >= 0.6 is 0 Å². The number of hydrogen-bond acceptors (Lipinski definition) is 2. The average molecular weight is 272 g/mol. The molecule has 2 unspecified atom stereocenters. The van der Waals surface area contributed by atoms with Gasteiger partial charge in [0.25, 0.3) is 0 Å². The molecule has 0 spiro atoms. The minimum Gasteiger partial charge on any atom is -0.371 e. The van der Waals surface area contributed by atoms with Crippen LogP contribution in [0.3, 0.4) is 0 Å². The summed E-state index contributed by atoms with van der Waals surface area (Å²) in [7, 11) is 0. The van der Waals surface area contributed by atoms with E-state index in [2.05, 4.69) is 43.9 Å². The second-order valence-electron chi connectivity index (χ2n) is 7.49. The van der Waals surface area contributed by atoms with Gasteiger partial charge in [-0.2, -0.15) is 0 Å². The summed E-state index contributed by atoms with van der Waals surface area (Å²) in [6, 6.07) is 7.27. The summed E-state index contributed by atoms with van der Waals surface area (Å²) < 4.78 is 0. The molecule has 2 aliphatic rings. The molecule has 0 saturated heterocycles. The molecule has 0 bridgehead atoms. The van der Waals surface area contributed by atoms with Crippen LogP contribution < -0.4 is 10.6 Å². The third kappa shape index (κ3) is 2.46. The first-order chi connectivity index (χ1) is 9.47. The molecule has 20 heavy (non-hydrogen) atoms. The number of anilines is 1. The van der Waals surface area contributed by atoms with Gasteiger partial charge in [0.05, 0.1) is 0 Å². The van der Waals surface area contributed by atoms with Crippen molar-refractivity contribution in [3.8, 4) is 0 Å². The predicted molar refractivity (Wildman–Crippen MR) is 86.2 cm³/mol. The summed E-state index contributed by atoms with van der Waals surface area (Å²) in [5.74, 6) is 0.650. The van der Waals surface area contributed by atoms with Crippen LogP contribution in [0.25, 0.3) is 0 Å². The number of hydrogen-bond donors (Lipinski definition) is 1. The summed E-state index contributed by atoms with van der Waals surface area (Å²) in [5.41, 5.74) is 11.2. The van der Waals surface area contributed by atoms with E-state index in [9.17, 15) is 0 Å². The first-order valence-corrected chi connectivity index (χ1v) is 8.07. The van der Waals surface area contributed by atoms with Gasteiger partial charge in [0.1, 0.15) is 0 Å². The quantitative estimate of drug-likeness (QED) is 0.892. The van der Waals surface area contributed by atoms with Gasteiger partial charge in [0, 0.05) is 24.8 Å². The van der Waals surface area contributed by atoms with Gasteiger partial charge in [-0.25, -0.2) is 0 Å². The topological polar surface area (TPSA) is 29.3 Å². The predicted octanol–water partition coefficient (Wildman–Crippen LogP) is 3.51. The maximum Gasteiger partial charge on any atom is 0.0399 e. The third-order valence-corrected chi connectivity index (χ3v) is 5.47. The number of benzene rings is 1. The van der Waals surface area contributed by atoms with Crippen molar-refractivity contribution in [1.82, 2.24) is 0 Å². The Balaban J connectivity index is 1.77. The van der Waals surface area contributed by atoms with E-state index in [1.165, 1.54) is 49.0 Å². The zero-order valence-electron chi connectivity index (χ0n) is 13.2. The summed E-state index contributed by atoms with van der Waals surface area (Å²) in [6.07, 6.45) is 5.07. The van der Waals surface area contributed by atoms with Crippen LogP contribution in [-0.2, 0) is 6.42 Å². The SMILES string of the molecule is Cc1ccc2c(c1)CCCN2CC1CCC(C)(C)C1N. The average Bonchev–Trinajstić information content (AvgIpc) is 2.66. The van der Waals surface area contributed by atoms with Gasteiger partial charge >= 0.3 is 0 Å². The monoisotopic (exact) mass is 272 g/mol. The lowest BCUT2D eigenvalue weighted by Crippen LogP contribution is -2.43. The largest absolute Gasteiger partial charge is 0.371 e. The molecule has 0 aromatic heterocycles. The number of nitrogens with zero attached hydrogens (tertiary/aromatic N) is 1. The Labute approximate surface area is 123 Å². The molecular weight excluding hydrogens is 244 g/mol. The van der Waals surface area contributed by atoms with Gasteiger partial charge in [-0.3, -0.25) is 0 Å². The highest BCUT2D eigenvalue weighted by atomic mass is 15.1. The first-order valence-electron chi connectivity index (χ1n) is 8.07. The highest BCUT2D eigenvalue weighted by Gasteiger charge is 2.40. The Hall–Kier alpha value is -1.02. The van der Waals surface area contributed by atoms with E-state index in [0.29, 0.717) is 17.4 Å². The molecule has 2 N–H and O–H groups in total. The summed E-state index contributed by atoms with van der Waals surface area (Å²) >= 11 is 0. The number of rotatable bonds is 2. The zero-order chi connectivity index (χ0) is 14.3. The van der Waals surface area contributed by atoms with Crippen molar-refractivity contribution in [3.63, 3.8) is 0 Å². The normalized spacial score (nSPS) is 28.5. The fourth-order valence-corrected chi connectivity index (χ4v) is 4.02. The van der Waals surface area contributed by atoms with E-state index >= 15 is 0 Å². The molecule has 1 aromatic rings. The van der Waals surface area contributed by atoms with Crippen molar-refractivity contribution < 1.29 is 0 Å². The molecule has 1 fully saturated rings. The molecule has 2 heteroatoms. The van der Waals surface area contributed by atoms with Gasteiger partial charge in [0.15, 0.2) is 0 Å². The minimum absolute atomic E-state index is 0.316. The Kier molecular flexibility index (Phi) is 3.53. The van der Waals surface area contributed by atoms with Gasteiger partial charge in [0.2, 0.25) is 0 Å².